The minimum Gasteiger partial charge on any atom is -0.508 e. The van der Waals surface area contributed by atoms with Crippen molar-refractivity contribution < 1.29 is 15.0 Å². The molecule has 2 N–H and O–H groups in total. The lowest BCUT2D eigenvalue weighted by Crippen LogP contribution is -2.55. The first-order valence-corrected chi connectivity index (χ1v) is 9.56. The number of nitrogens with zero attached hydrogens (tertiary/aromatic N) is 1. The second-order valence-electron chi connectivity index (χ2n) is 7.16. The van der Waals surface area contributed by atoms with Crippen LogP contribution in [0, 0.1) is 5.92 Å². The van der Waals surface area contributed by atoms with Crippen molar-refractivity contribution in [2.75, 3.05) is 4.90 Å². The van der Waals surface area contributed by atoms with Gasteiger partial charge in [-0.2, -0.15) is 0 Å². The van der Waals surface area contributed by atoms with Crippen LogP contribution >= 0.6 is 0 Å². The molecule has 0 saturated carbocycles. The third-order valence-electron chi connectivity index (χ3n) is 5.44. The van der Waals surface area contributed by atoms with Crippen LogP contribution in [0.4, 0.5) is 5.69 Å². The summed E-state index contributed by atoms with van der Waals surface area (Å²) in [4.78, 5) is 14.7. The lowest BCUT2D eigenvalue weighted by atomic mass is 9.78. The van der Waals surface area contributed by atoms with Crippen molar-refractivity contribution in [1.29, 1.82) is 0 Å². The summed E-state index contributed by atoms with van der Waals surface area (Å²) in [5.74, 6) is -0.0545. The fourth-order valence-electron chi connectivity index (χ4n) is 3.98. The van der Waals surface area contributed by atoms with Crippen LogP contribution in [-0.4, -0.2) is 16.1 Å². The molecule has 3 atom stereocenters. The molecule has 3 aromatic rings. The fourth-order valence-corrected chi connectivity index (χ4v) is 3.98. The maximum absolute atomic E-state index is 13.0. The van der Waals surface area contributed by atoms with Crippen molar-refractivity contribution in [3.8, 4) is 5.75 Å². The summed E-state index contributed by atoms with van der Waals surface area (Å²) in [5.41, 5.74) is 2.42. The third-order valence-corrected chi connectivity index (χ3v) is 5.44. The zero-order valence-corrected chi connectivity index (χ0v) is 15.5. The fraction of sp³-hybridized carbons (Fsp3) is 0.208. The molecule has 142 valence electrons. The van der Waals surface area contributed by atoms with Gasteiger partial charge in [-0.15, -0.1) is 0 Å². The number of anilines is 1. The molecule has 4 heteroatoms. The van der Waals surface area contributed by atoms with E-state index in [0.29, 0.717) is 12.8 Å². The highest BCUT2D eigenvalue weighted by atomic mass is 16.3. The van der Waals surface area contributed by atoms with Gasteiger partial charge in [0.1, 0.15) is 5.75 Å². The van der Waals surface area contributed by atoms with Crippen LogP contribution in [0.25, 0.3) is 0 Å². The number of carbonyl (C=O) groups is 1. The van der Waals surface area contributed by atoms with E-state index in [-0.39, 0.29) is 23.6 Å². The Labute approximate surface area is 164 Å². The Morgan fingerprint density at radius 3 is 2.14 bits per heavy atom. The van der Waals surface area contributed by atoms with Gasteiger partial charge in [0.05, 0.1) is 18.1 Å². The van der Waals surface area contributed by atoms with Gasteiger partial charge in [-0.3, -0.25) is 4.79 Å². The first-order valence-electron chi connectivity index (χ1n) is 9.56. The van der Waals surface area contributed by atoms with Gasteiger partial charge in [-0.1, -0.05) is 66.7 Å². The van der Waals surface area contributed by atoms with Crippen LogP contribution in [0.1, 0.15) is 36.1 Å². The molecule has 1 aliphatic heterocycles. The number of β-lactam (4-membered cyclic amide) rings is 1. The van der Waals surface area contributed by atoms with E-state index in [1.165, 1.54) is 0 Å². The smallest absolute Gasteiger partial charge is 0.233 e. The Bertz CT molecular complexity index is 942. The molecule has 0 bridgehead atoms. The minimum atomic E-state index is -0.607. The second kappa shape index (κ2) is 7.87. The summed E-state index contributed by atoms with van der Waals surface area (Å²) in [5, 5.41) is 20.9. The summed E-state index contributed by atoms with van der Waals surface area (Å²) in [7, 11) is 0. The molecule has 0 aliphatic carbocycles. The Hall–Kier alpha value is -3.11. The Morgan fingerprint density at radius 2 is 1.46 bits per heavy atom. The molecule has 0 radical (unpaired) electrons. The lowest BCUT2D eigenvalue weighted by Gasteiger charge is -2.48. The van der Waals surface area contributed by atoms with Gasteiger partial charge in [0.2, 0.25) is 5.91 Å². The summed E-state index contributed by atoms with van der Waals surface area (Å²) in [6.07, 6.45) is 0.439. The van der Waals surface area contributed by atoms with Crippen molar-refractivity contribution in [1.82, 2.24) is 0 Å². The number of hydrogen-bond acceptors (Lipinski definition) is 3. The number of hydrogen-bond donors (Lipinski definition) is 2. The number of carbonyl (C=O) groups excluding carboxylic acids is 1. The topological polar surface area (TPSA) is 60.8 Å². The normalized spacial score (nSPS) is 19.9. The predicted octanol–water partition coefficient (Wildman–Crippen LogP) is 4.61. The number of benzene rings is 3. The zero-order valence-electron chi connectivity index (χ0n) is 15.5. The van der Waals surface area contributed by atoms with Crippen molar-refractivity contribution >= 4 is 11.6 Å². The first kappa shape index (κ1) is 18.3. The second-order valence-corrected chi connectivity index (χ2v) is 7.16. The molecule has 1 heterocycles. The average molecular weight is 373 g/mol. The highest BCUT2D eigenvalue weighted by Gasteiger charge is 2.49. The van der Waals surface area contributed by atoms with Gasteiger partial charge in [0.25, 0.3) is 0 Å². The zero-order chi connectivity index (χ0) is 19.5. The van der Waals surface area contributed by atoms with E-state index >= 15 is 0 Å². The molecular weight excluding hydrogens is 350 g/mol. The lowest BCUT2D eigenvalue weighted by molar-refractivity contribution is -0.131. The van der Waals surface area contributed by atoms with E-state index < -0.39 is 6.10 Å². The maximum Gasteiger partial charge on any atom is 0.233 e. The summed E-state index contributed by atoms with van der Waals surface area (Å²) in [6, 6.07) is 25.9. The summed E-state index contributed by atoms with van der Waals surface area (Å²) >= 11 is 0. The molecule has 1 fully saturated rings. The van der Waals surface area contributed by atoms with Crippen LogP contribution in [0.5, 0.6) is 5.75 Å². The number of aliphatic hydroxyl groups is 1. The standard InChI is InChI=1S/C24H23NO3/c26-21(17-9-3-1-4-10-17)16-15-20-23(19-13-7-8-14-22(19)27)25(24(20)28)18-11-5-2-6-12-18/h1-14,20-21,23,26-27H,15-16H2. The largest absolute Gasteiger partial charge is 0.508 e. The Balaban J connectivity index is 1.57. The van der Waals surface area contributed by atoms with Gasteiger partial charge in [-0.05, 0) is 36.6 Å². The van der Waals surface area contributed by atoms with E-state index in [4.69, 9.17) is 0 Å². The molecule has 1 aliphatic rings. The van der Waals surface area contributed by atoms with Gasteiger partial charge < -0.3 is 15.1 Å². The highest BCUT2D eigenvalue weighted by molar-refractivity contribution is 6.03. The molecule has 0 aromatic heterocycles. The predicted molar refractivity (Wildman–Crippen MR) is 109 cm³/mol. The van der Waals surface area contributed by atoms with Crippen LogP contribution < -0.4 is 4.90 Å². The van der Waals surface area contributed by atoms with Crippen LogP contribution in [0.15, 0.2) is 84.9 Å². The van der Waals surface area contributed by atoms with Crippen molar-refractivity contribution in [3.63, 3.8) is 0 Å². The number of phenols is 1. The molecule has 3 unspecified atom stereocenters. The summed E-state index contributed by atoms with van der Waals surface area (Å²) < 4.78 is 0. The molecular formula is C24H23NO3. The van der Waals surface area contributed by atoms with E-state index in [2.05, 4.69) is 0 Å². The molecule has 1 amide bonds. The van der Waals surface area contributed by atoms with Crippen molar-refractivity contribution in [3.05, 3.63) is 96.1 Å². The number of aromatic hydroxyl groups is 1. The molecule has 4 rings (SSSR count). The quantitative estimate of drug-likeness (QED) is 0.620. The van der Waals surface area contributed by atoms with E-state index in [0.717, 1.165) is 16.8 Å². The van der Waals surface area contributed by atoms with E-state index in [9.17, 15) is 15.0 Å². The van der Waals surface area contributed by atoms with Crippen LogP contribution in [-0.2, 0) is 4.79 Å². The summed E-state index contributed by atoms with van der Waals surface area (Å²) in [6.45, 7) is 0. The van der Waals surface area contributed by atoms with E-state index in [1.54, 1.807) is 17.0 Å². The number of phenolic OH excluding ortho intramolecular Hbond substituents is 1. The van der Waals surface area contributed by atoms with Gasteiger partial charge in [0, 0.05) is 11.3 Å². The minimum absolute atomic E-state index is 0.0275. The van der Waals surface area contributed by atoms with Gasteiger partial charge in [-0.25, -0.2) is 0 Å². The molecule has 28 heavy (non-hydrogen) atoms. The monoisotopic (exact) mass is 373 g/mol. The molecule has 3 aromatic carbocycles. The van der Waals surface area contributed by atoms with Gasteiger partial charge in [0.15, 0.2) is 0 Å². The van der Waals surface area contributed by atoms with Crippen molar-refractivity contribution in [2.24, 2.45) is 5.92 Å². The van der Waals surface area contributed by atoms with Crippen LogP contribution in [0.2, 0.25) is 0 Å². The Morgan fingerprint density at radius 1 is 0.857 bits per heavy atom. The maximum atomic E-state index is 13.0. The van der Waals surface area contributed by atoms with Crippen molar-refractivity contribution in [2.45, 2.75) is 25.0 Å². The highest BCUT2D eigenvalue weighted by Crippen LogP contribution is 2.48. The van der Waals surface area contributed by atoms with Gasteiger partial charge >= 0.3 is 0 Å². The number of aliphatic hydroxyl groups excluding tert-OH is 1. The first-order chi connectivity index (χ1) is 13.7. The average Bonchev–Trinajstić information content (AvgIpc) is 2.74. The molecule has 4 nitrogen and oxygen atoms in total. The SMILES string of the molecule is O=C1C(CCC(O)c2ccccc2)C(c2ccccc2O)N1c1ccccc1. The number of rotatable bonds is 6. The number of para-hydroxylation sites is 2. The Kier molecular flexibility index (Phi) is 5.13. The van der Waals surface area contributed by atoms with E-state index in [1.807, 2.05) is 72.8 Å². The number of amides is 1. The molecule has 0 spiro atoms. The molecule has 1 saturated heterocycles. The van der Waals surface area contributed by atoms with Crippen LogP contribution in [0.3, 0.4) is 0 Å². The third kappa shape index (κ3) is 3.39.